The molecule has 0 fully saturated rings. The van der Waals surface area contributed by atoms with Crippen molar-refractivity contribution >= 4 is 0 Å². The van der Waals surface area contributed by atoms with Gasteiger partial charge in [-0.3, -0.25) is 5.32 Å². The summed E-state index contributed by atoms with van der Waals surface area (Å²) in [5.41, 5.74) is 0. The Morgan fingerprint density at radius 1 is 1.11 bits per heavy atom. The Labute approximate surface area is 55.3 Å². The molecule has 5 heteroatoms. The van der Waals surface area contributed by atoms with Crippen LogP contribution in [0.15, 0.2) is 0 Å². The van der Waals surface area contributed by atoms with E-state index in [0.717, 1.165) is 14.2 Å². The summed E-state index contributed by atoms with van der Waals surface area (Å²) in [6.07, 6.45) is 0. The highest BCUT2D eigenvalue weighted by Crippen LogP contribution is 1.24. The fourth-order valence-corrected chi connectivity index (χ4v) is 0. The standard InChI is InChI=1S/C2H7NO.2CH4O.H2O/c1-3-2-4;2*1-2;/h3-4H,2H2,1H3;2*2H,1H3;1H2. The predicted molar refractivity (Wildman–Crippen MR) is 36.0 cm³/mol. The highest BCUT2D eigenvalue weighted by atomic mass is 16.3. The van der Waals surface area contributed by atoms with Crippen molar-refractivity contribution in [3.05, 3.63) is 0 Å². The Hall–Kier alpha value is -0.200. The lowest BCUT2D eigenvalue weighted by Crippen LogP contribution is -2.04. The van der Waals surface area contributed by atoms with Gasteiger partial charge in [-0.1, -0.05) is 0 Å². The summed E-state index contributed by atoms with van der Waals surface area (Å²) in [4.78, 5) is 0. The smallest absolute Gasteiger partial charge is 0.0929 e. The SMILES string of the molecule is CNCO.CO.CO.O. The van der Waals surface area contributed by atoms with Crippen LogP contribution in [0.5, 0.6) is 0 Å². The second-order valence-electron chi connectivity index (χ2n) is 0.512. The maximum atomic E-state index is 7.76. The molecule has 0 unspecified atom stereocenters. The minimum Gasteiger partial charge on any atom is -0.412 e. The van der Waals surface area contributed by atoms with Gasteiger partial charge in [0, 0.05) is 14.2 Å². The first kappa shape index (κ1) is 23.2. The van der Waals surface area contributed by atoms with E-state index < -0.39 is 0 Å². The first-order valence-electron chi connectivity index (χ1n) is 2.06. The molecule has 62 valence electrons. The second kappa shape index (κ2) is 111. The molecule has 0 heterocycles. The van der Waals surface area contributed by atoms with Crippen LogP contribution in [-0.4, -0.2) is 48.8 Å². The largest absolute Gasteiger partial charge is 0.412 e. The normalized spacial score (nSPS) is 4.67. The number of aliphatic hydroxyl groups excluding tert-OH is 3. The monoisotopic (exact) mass is 143 g/mol. The van der Waals surface area contributed by atoms with Crippen molar-refractivity contribution in [2.45, 2.75) is 0 Å². The summed E-state index contributed by atoms with van der Waals surface area (Å²) < 4.78 is 0. The van der Waals surface area contributed by atoms with Gasteiger partial charge in [0.1, 0.15) is 0 Å². The fraction of sp³-hybridized carbons (Fsp3) is 1.00. The molecule has 0 aliphatic carbocycles. The van der Waals surface area contributed by atoms with Crippen molar-refractivity contribution < 1.29 is 20.8 Å². The molecule has 0 aromatic heterocycles. The molecule has 0 spiro atoms. The summed E-state index contributed by atoms with van der Waals surface area (Å²) in [6.45, 7) is 0.0694. The molecule has 0 bridgehead atoms. The van der Waals surface area contributed by atoms with Crippen molar-refractivity contribution in [1.82, 2.24) is 5.32 Å². The molecule has 0 amide bonds. The van der Waals surface area contributed by atoms with Gasteiger partial charge in [-0.05, 0) is 7.05 Å². The van der Waals surface area contributed by atoms with Crippen molar-refractivity contribution in [2.24, 2.45) is 0 Å². The summed E-state index contributed by atoms with van der Waals surface area (Å²) in [7, 11) is 3.68. The summed E-state index contributed by atoms with van der Waals surface area (Å²) in [6, 6.07) is 0. The van der Waals surface area contributed by atoms with Crippen LogP contribution in [0, 0.1) is 0 Å². The molecule has 0 aromatic rings. The molecular formula is C4H17NO4. The zero-order valence-corrected chi connectivity index (χ0v) is 6.05. The van der Waals surface area contributed by atoms with Gasteiger partial charge in [0.05, 0.1) is 6.73 Å². The Balaban J connectivity index is -0.0000000221. The highest BCUT2D eigenvalue weighted by molar-refractivity contribution is 4.02. The molecule has 5 nitrogen and oxygen atoms in total. The highest BCUT2D eigenvalue weighted by Gasteiger charge is 1.50. The average Bonchev–Trinajstić information content (AvgIpc) is 1.96. The van der Waals surface area contributed by atoms with Gasteiger partial charge in [0.2, 0.25) is 0 Å². The number of nitrogens with one attached hydrogen (secondary N) is 1. The van der Waals surface area contributed by atoms with Gasteiger partial charge in [-0.2, -0.15) is 0 Å². The van der Waals surface area contributed by atoms with Crippen LogP contribution in [0.2, 0.25) is 0 Å². The van der Waals surface area contributed by atoms with Gasteiger partial charge in [-0.25, -0.2) is 0 Å². The Morgan fingerprint density at radius 2 is 1.22 bits per heavy atom. The van der Waals surface area contributed by atoms with Crippen LogP contribution in [-0.2, 0) is 0 Å². The van der Waals surface area contributed by atoms with E-state index in [0.29, 0.717) is 0 Å². The molecule has 0 saturated heterocycles. The predicted octanol–water partition coefficient (Wildman–Crippen LogP) is -2.45. The van der Waals surface area contributed by atoms with Gasteiger partial charge in [-0.15, -0.1) is 0 Å². The number of hydrogen-bond donors (Lipinski definition) is 4. The van der Waals surface area contributed by atoms with E-state index in [1.165, 1.54) is 0 Å². The molecule has 0 rings (SSSR count). The Bertz CT molecular complexity index is 14.5. The van der Waals surface area contributed by atoms with E-state index in [4.69, 9.17) is 15.3 Å². The molecule has 0 aromatic carbocycles. The number of hydrogen-bond acceptors (Lipinski definition) is 4. The van der Waals surface area contributed by atoms with Crippen molar-refractivity contribution in [3.8, 4) is 0 Å². The van der Waals surface area contributed by atoms with Crippen LogP contribution in [0.1, 0.15) is 0 Å². The van der Waals surface area contributed by atoms with E-state index in [2.05, 4.69) is 5.32 Å². The number of rotatable bonds is 1. The summed E-state index contributed by atoms with van der Waals surface area (Å²) >= 11 is 0. The molecule has 0 aliphatic rings. The van der Waals surface area contributed by atoms with Crippen LogP contribution in [0.3, 0.4) is 0 Å². The fourth-order valence-electron chi connectivity index (χ4n) is 0. The van der Waals surface area contributed by atoms with E-state index in [-0.39, 0.29) is 12.2 Å². The molecule has 0 radical (unpaired) electrons. The zero-order valence-electron chi connectivity index (χ0n) is 6.05. The van der Waals surface area contributed by atoms with Crippen molar-refractivity contribution in [2.75, 3.05) is 28.0 Å². The minimum atomic E-state index is 0. The Morgan fingerprint density at radius 3 is 1.22 bits per heavy atom. The molecule has 0 saturated carbocycles. The lowest BCUT2D eigenvalue weighted by Gasteiger charge is -1.76. The molecular weight excluding hydrogens is 126 g/mol. The maximum Gasteiger partial charge on any atom is 0.0929 e. The van der Waals surface area contributed by atoms with Crippen LogP contribution in [0.4, 0.5) is 0 Å². The summed E-state index contributed by atoms with van der Waals surface area (Å²) in [5.74, 6) is 0. The first-order valence-corrected chi connectivity index (χ1v) is 2.06. The molecule has 0 atom stereocenters. The molecule has 0 aliphatic heterocycles. The molecule has 6 N–H and O–H groups in total. The third kappa shape index (κ3) is 410. The molecule has 9 heavy (non-hydrogen) atoms. The van der Waals surface area contributed by atoms with E-state index in [9.17, 15) is 0 Å². The van der Waals surface area contributed by atoms with Crippen molar-refractivity contribution in [1.29, 1.82) is 0 Å². The first-order chi connectivity index (χ1) is 3.91. The van der Waals surface area contributed by atoms with Crippen LogP contribution >= 0.6 is 0 Å². The van der Waals surface area contributed by atoms with E-state index in [1.807, 2.05) is 0 Å². The maximum absolute atomic E-state index is 7.76. The van der Waals surface area contributed by atoms with E-state index >= 15 is 0 Å². The van der Waals surface area contributed by atoms with Gasteiger partial charge < -0.3 is 20.8 Å². The quantitative estimate of drug-likeness (QED) is 0.306. The van der Waals surface area contributed by atoms with Gasteiger partial charge in [0.15, 0.2) is 0 Å². The second-order valence-corrected chi connectivity index (χ2v) is 0.512. The van der Waals surface area contributed by atoms with Crippen LogP contribution < -0.4 is 5.32 Å². The average molecular weight is 143 g/mol. The summed E-state index contributed by atoms with van der Waals surface area (Å²) in [5, 5.41) is 24.2. The van der Waals surface area contributed by atoms with Crippen LogP contribution in [0.25, 0.3) is 0 Å². The third-order valence-corrected chi connectivity index (χ3v) is 0.158. The topological polar surface area (TPSA) is 104 Å². The lowest BCUT2D eigenvalue weighted by molar-refractivity contribution is 0.273. The zero-order chi connectivity index (χ0) is 7.41. The van der Waals surface area contributed by atoms with Crippen molar-refractivity contribution in [3.63, 3.8) is 0 Å². The number of aliphatic hydroxyl groups is 3. The third-order valence-electron chi connectivity index (χ3n) is 0.158. The van der Waals surface area contributed by atoms with Gasteiger partial charge >= 0.3 is 0 Å². The minimum absolute atomic E-state index is 0. The van der Waals surface area contributed by atoms with E-state index in [1.54, 1.807) is 7.05 Å². The van der Waals surface area contributed by atoms with Gasteiger partial charge in [0.25, 0.3) is 0 Å². The lowest BCUT2D eigenvalue weighted by atomic mass is 11.2. The Kier molecular flexibility index (Phi) is 287.